The van der Waals surface area contributed by atoms with Gasteiger partial charge >= 0.3 is 6.61 Å². The number of methoxy groups -OCH3 is 1. The van der Waals surface area contributed by atoms with Crippen LogP contribution in [-0.4, -0.2) is 13.7 Å². The third-order valence-corrected chi connectivity index (χ3v) is 1.68. The van der Waals surface area contributed by atoms with E-state index in [0.29, 0.717) is 11.3 Å². The van der Waals surface area contributed by atoms with Gasteiger partial charge in [0.05, 0.1) is 19.6 Å². The molecule has 15 heavy (non-hydrogen) atoms. The van der Waals surface area contributed by atoms with Crippen molar-refractivity contribution in [1.82, 2.24) is 0 Å². The van der Waals surface area contributed by atoms with Crippen LogP contribution in [0.1, 0.15) is 5.56 Å². The van der Waals surface area contributed by atoms with Gasteiger partial charge in [-0.3, -0.25) is 0 Å². The Balaban J connectivity index is 2.95. The Hall–Kier alpha value is -1.83. The number of nitriles is 1. The minimum absolute atomic E-state index is 0.00500. The summed E-state index contributed by atoms with van der Waals surface area (Å²) in [6, 6.07) is 6.24. The summed E-state index contributed by atoms with van der Waals surface area (Å²) in [4.78, 5) is 0. The lowest BCUT2D eigenvalue weighted by Crippen LogP contribution is -2.02. The van der Waals surface area contributed by atoms with Crippen molar-refractivity contribution in [2.24, 2.45) is 0 Å². The molecule has 0 saturated heterocycles. The van der Waals surface area contributed by atoms with Gasteiger partial charge in [0.1, 0.15) is 11.5 Å². The Bertz CT molecular complexity index is 374. The second-order valence-corrected chi connectivity index (χ2v) is 2.73. The summed E-state index contributed by atoms with van der Waals surface area (Å²) < 4.78 is 33.0. The quantitative estimate of drug-likeness (QED) is 0.771. The molecule has 0 radical (unpaired) electrons. The monoisotopic (exact) mass is 213 g/mol. The van der Waals surface area contributed by atoms with Gasteiger partial charge in [0, 0.05) is 6.07 Å². The molecule has 0 heterocycles. The Morgan fingerprint density at radius 1 is 1.33 bits per heavy atom. The number of ether oxygens (including phenoxy) is 2. The van der Waals surface area contributed by atoms with Crippen LogP contribution >= 0.6 is 0 Å². The molecule has 0 aliphatic heterocycles. The second-order valence-electron chi connectivity index (χ2n) is 2.73. The van der Waals surface area contributed by atoms with Crippen LogP contribution in [0.5, 0.6) is 11.5 Å². The number of halogens is 2. The molecule has 0 spiro atoms. The minimum atomic E-state index is -2.88. The predicted octanol–water partition coefficient (Wildman–Crippen LogP) is 2.36. The van der Waals surface area contributed by atoms with E-state index in [0.717, 1.165) is 0 Å². The minimum Gasteiger partial charge on any atom is -0.497 e. The highest BCUT2D eigenvalue weighted by Crippen LogP contribution is 2.24. The summed E-state index contributed by atoms with van der Waals surface area (Å²) in [5.74, 6) is 0.382. The van der Waals surface area contributed by atoms with Crippen LogP contribution in [0.4, 0.5) is 8.78 Å². The third-order valence-electron chi connectivity index (χ3n) is 1.68. The molecule has 0 amide bonds. The van der Waals surface area contributed by atoms with Crippen molar-refractivity contribution >= 4 is 0 Å². The molecule has 0 N–H and O–H groups in total. The van der Waals surface area contributed by atoms with Crippen LogP contribution in [0.2, 0.25) is 0 Å². The number of hydrogen-bond acceptors (Lipinski definition) is 3. The molecule has 0 atom stereocenters. The van der Waals surface area contributed by atoms with E-state index in [-0.39, 0.29) is 12.2 Å². The highest BCUT2D eigenvalue weighted by atomic mass is 19.3. The van der Waals surface area contributed by atoms with Crippen LogP contribution < -0.4 is 9.47 Å². The molecule has 1 aromatic rings. The van der Waals surface area contributed by atoms with E-state index in [2.05, 4.69) is 4.74 Å². The van der Waals surface area contributed by atoms with E-state index in [9.17, 15) is 8.78 Å². The van der Waals surface area contributed by atoms with E-state index in [1.165, 1.54) is 19.2 Å². The highest BCUT2D eigenvalue weighted by molar-refractivity contribution is 5.39. The van der Waals surface area contributed by atoms with Crippen molar-refractivity contribution < 1.29 is 18.3 Å². The largest absolute Gasteiger partial charge is 0.497 e. The van der Waals surface area contributed by atoms with Gasteiger partial charge < -0.3 is 9.47 Å². The maximum atomic E-state index is 11.9. The fraction of sp³-hybridized carbons (Fsp3) is 0.300. The summed E-state index contributed by atoms with van der Waals surface area (Å²) in [7, 11) is 1.41. The van der Waals surface area contributed by atoms with Crippen LogP contribution in [0.15, 0.2) is 18.2 Å². The number of alkyl halides is 2. The lowest BCUT2D eigenvalue weighted by Gasteiger charge is -2.08. The van der Waals surface area contributed by atoms with E-state index in [4.69, 9.17) is 10.00 Å². The lowest BCUT2D eigenvalue weighted by atomic mass is 10.1. The molecular weight excluding hydrogens is 204 g/mol. The molecule has 80 valence electrons. The molecule has 0 fully saturated rings. The van der Waals surface area contributed by atoms with Gasteiger partial charge in [0.25, 0.3) is 0 Å². The SMILES string of the molecule is COc1cc(CC#N)cc(OC(F)F)c1. The topological polar surface area (TPSA) is 42.2 Å². The van der Waals surface area contributed by atoms with Crippen molar-refractivity contribution in [3.8, 4) is 17.6 Å². The molecule has 1 rings (SSSR count). The number of benzene rings is 1. The molecule has 0 aliphatic rings. The number of rotatable bonds is 4. The van der Waals surface area contributed by atoms with Gasteiger partial charge in [-0.2, -0.15) is 14.0 Å². The molecule has 0 saturated carbocycles. The summed E-state index contributed by atoms with van der Waals surface area (Å²) in [5, 5.41) is 8.48. The molecule has 0 aliphatic carbocycles. The van der Waals surface area contributed by atoms with E-state index in [1.807, 2.05) is 6.07 Å². The molecule has 0 bridgehead atoms. The van der Waals surface area contributed by atoms with E-state index < -0.39 is 6.61 Å². The van der Waals surface area contributed by atoms with Crippen molar-refractivity contribution in [3.05, 3.63) is 23.8 Å². The van der Waals surface area contributed by atoms with Gasteiger partial charge in [0.2, 0.25) is 0 Å². The van der Waals surface area contributed by atoms with Crippen LogP contribution in [0.3, 0.4) is 0 Å². The summed E-state index contributed by atoms with van der Waals surface area (Å²) in [6.07, 6.45) is 0.122. The molecule has 0 unspecified atom stereocenters. The summed E-state index contributed by atoms with van der Waals surface area (Å²) in [6.45, 7) is -2.88. The Labute approximate surface area is 85.8 Å². The summed E-state index contributed by atoms with van der Waals surface area (Å²) in [5.41, 5.74) is 0.576. The van der Waals surface area contributed by atoms with Crippen molar-refractivity contribution in [2.75, 3.05) is 7.11 Å². The second kappa shape index (κ2) is 5.15. The average Bonchev–Trinajstić information content (AvgIpc) is 2.16. The fourth-order valence-corrected chi connectivity index (χ4v) is 1.11. The molecular formula is C10H9F2NO2. The lowest BCUT2D eigenvalue weighted by molar-refractivity contribution is -0.0499. The highest BCUT2D eigenvalue weighted by Gasteiger charge is 2.07. The third kappa shape index (κ3) is 3.43. The van der Waals surface area contributed by atoms with E-state index >= 15 is 0 Å². The smallest absolute Gasteiger partial charge is 0.387 e. The first-order chi connectivity index (χ1) is 7.15. The maximum absolute atomic E-state index is 11.9. The van der Waals surface area contributed by atoms with E-state index in [1.54, 1.807) is 6.07 Å². The van der Waals surface area contributed by atoms with Crippen molar-refractivity contribution in [1.29, 1.82) is 5.26 Å². The van der Waals surface area contributed by atoms with Gasteiger partial charge in [-0.1, -0.05) is 0 Å². The van der Waals surface area contributed by atoms with Gasteiger partial charge in [0.15, 0.2) is 0 Å². The Morgan fingerprint density at radius 3 is 2.53 bits per heavy atom. The standard InChI is InChI=1S/C10H9F2NO2/c1-14-8-4-7(2-3-13)5-9(6-8)15-10(11)12/h4-6,10H,2H2,1H3. The molecule has 3 nitrogen and oxygen atoms in total. The van der Waals surface area contributed by atoms with Crippen molar-refractivity contribution in [3.63, 3.8) is 0 Å². The predicted molar refractivity (Wildman–Crippen MR) is 48.9 cm³/mol. The van der Waals surface area contributed by atoms with Gasteiger partial charge in [-0.25, -0.2) is 0 Å². The Kier molecular flexibility index (Phi) is 3.86. The average molecular weight is 213 g/mol. The molecule has 5 heteroatoms. The Morgan fingerprint density at radius 2 is 2.00 bits per heavy atom. The molecule has 1 aromatic carbocycles. The van der Waals surface area contributed by atoms with Crippen molar-refractivity contribution in [2.45, 2.75) is 13.0 Å². The first-order valence-corrected chi connectivity index (χ1v) is 4.15. The van der Waals surface area contributed by atoms with Gasteiger partial charge in [-0.15, -0.1) is 0 Å². The van der Waals surface area contributed by atoms with Crippen LogP contribution in [0.25, 0.3) is 0 Å². The number of nitrogens with zero attached hydrogens (tertiary/aromatic N) is 1. The zero-order valence-corrected chi connectivity index (χ0v) is 8.04. The first kappa shape index (κ1) is 11.2. The first-order valence-electron chi connectivity index (χ1n) is 4.15. The fourth-order valence-electron chi connectivity index (χ4n) is 1.11. The molecule has 0 aromatic heterocycles. The van der Waals surface area contributed by atoms with Gasteiger partial charge in [-0.05, 0) is 17.7 Å². The summed E-state index contributed by atoms with van der Waals surface area (Å²) >= 11 is 0. The maximum Gasteiger partial charge on any atom is 0.387 e. The van der Waals surface area contributed by atoms with Crippen LogP contribution in [0, 0.1) is 11.3 Å². The zero-order chi connectivity index (χ0) is 11.3. The normalized spacial score (nSPS) is 9.80. The number of hydrogen-bond donors (Lipinski definition) is 0. The van der Waals surface area contributed by atoms with Crippen LogP contribution in [-0.2, 0) is 6.42 Å². The zero-order valence-electron chi connectivity index (χ0n) is 8.04.